The SMILES string of the molecule is CC(C)[C@](C)(C#N)NC(=O)COC(=O)CNS(=O)(=O)c1ccc2c(c1)CCCC2. The van der Waals surface area contributed by atoms with Crippen molar-refractivity contribution in [1.29, 1.82) is 5.26 Å². The Bertz CT molecular complexity index is 921. The van der Waals surface area contributed by atoms with Gasteiger partial charge in [0, 0.05) is 0 Å². The number of rotatable bonds is 8. The maximum atomic E-state index is 12.4. The molecule has 0 aliphatic heterocycles. The van der Waals surface area contributed by atoms with Gasteiger partial charge in [-0.15, -0.1) is 0 Å². The minimum absolute atomic E-state index is 0.102. The number of hydrogen-bond acceptors (Lipinski definition) is 6. The smallest absolute Gasteiger partial charge is 0.321 e. The van der Waals surface area contributed by atoms with Gasteiger partial charge in [0.1, 0.15) is 12.1 Å². The summed E-state index contributed by atoms with van der Waals surface area (Å²) in [6.45, 7) is 3.95. The van der Waals surface area contributed by atoms with Crippen LogP contribution in [0, 0.1) is 17.2 Å². The van der Waals surface area contributed by atoms with E-state index in [4.69, 9.17) is 4.74 Å². The van der Waals surface area contributed by atoms with E-state index in [1.165, 1.54) is 6.07 Å². The second kappa shape index (κ2) is 9.37. The Labute approximate surface area is 171 Å². The van der Waals surface area contributed by atoms with E-state index in [1.54, 1.807) is 26.8 Å². The largest absolute Gasteiger partial charge is 0.455 e. The molecule has 0 unspecified atom stereocenters. The Balaban J connectivity index is 1.87. The van der Waals surface area contributed by atoms with Gasteiger partial charge in [-0.05, 0) is 61.8 Å². The first-order valence-electron chi connectivity index (χ1n) is 9.57. The van der Waals surface area contributed by atoms with Crippen LogP contribution in [0.25, 0.3) is 0 Å². The van der Waals surface area contributed by atoms with Crippen molar-refractivity contribution in [1.82, 2.24) is 10.0 Å². The molecule has 1 aromatic rings. The summed E-state index contributed by atoms with van der Waals surface area (Å²) in [4.78, 5) is 23.8. The zero-order chi connectivity index (χ0) is 21.7. The molecule has 0 aromatic heterocycles. The molecule has 1 amide bonds. The molecule has 158 valence electrons. The van der Waals surface area contributed by atoms with E-state index in [-0.39, 0.29) is 10.8 Å². The molecule has 0 heterocycles. The third-order valence-electron chi connectivity index (χ3n) is 5.19. The molecule has 0 bridgehead atoms. The van der Waals surface area contributed by atoms with Crippen molar-refractivity contribution in [2.75, 3.05) is 13.2 Å². The molecule has 0 spiro atoms. The first-order chi connectivity index (χ1) is 13.6. The first-order valence-corrected chi connectivity index (χ1v) is 11.0. The first kappa shape index (κ1) is 22.8. The van der Waals surface area contributed by atoms with Crippen LogP contribution in [0.2, 0.25) is 0 Å². The molecule has 1 aliphatic rings. The predicted octanol–water partition coefficient (Wildman–Crippen LogP) is 1.44. The topological polar surface area (TPSA) is 125 Å². The fraction of sp³-hybridized carbons (Fsp3) is 0.550. The zero-order valence-electron chi connectivity index (χ0n) is 16.9. The van der Waals surface area contributed by atoms with Crippen molar-refractivity contribution in [3.63, 3.8) is 0 Å². The lowest BCUT2D eigenvalue weighted by Gasteiger charge is -2.27. The van der Waals surface area contributed by atoms with Crippen molar-refractivity contribution in [2.24, 2.45) is 5.92 Å². The summed E-state index contributed by atoms with van der Waals surface area (Å²) >= 11 is 0. The fourth-order valence-electron chi connectivity index (χ4n) is 2.94. The Morgan fingerprint density at radius 3 is 2.52 bits per heavy atom. The number of fused-ring (bicyclic) bond motifs is 1. The highest BCUT2D eigenvalue weighted by molar-refractivity contribution is 7.89. The van der Waals surface area contributed by atoms with E-state index in [2.05, 4.69) is 10.0 Å². The number of nitrogens with zero attached hydrogens (tertiary/aromatic N) is 1. The van der Waals surface area contributed by atoms with Gasteiger partial charge in [0.2, 0.25) is 10.0 Å². The van der Waals surface area contributed by atoms with E-state index < -0.39 is 40.6 Å². The summed E-state index contributed by atoms with van der Waals surface area (Å²) in [6, 6.07) is 7.00. The second-order valence-electron chi connectivity index (χ2n) is 7.64. The molecule has 0 saturated carbocycles. The number of nitriles is 1. The molecule has 29 heavy (non-hydrogen) atoms. The maximum absolute atomic E-state index is 12.4. The van der Waals surface area contributed by atoms with Crippen molar-refractivity contribution >= 4 is 21.9 Å². The maximum Gasteiger partial charge on any atom is 0.321 e. The lowest BCUT2D eigenvalue weighted by atomic mass is 9.90. The zero-order valence-corrected chi connectivity index (χ0v) is 17.8. The summed E-state index contributed by atoms with van der Waals surface area (Å²) in [5.41, 5.74) is 1.09. The van der Waals surface area contributed by atoms with Gasteiger partial charge in [0.05, 0.1) is 11.0 Å². The summed E-state index contributed by atoms with van der Waals surface area (Å²) < 4.78 is 31.9. The van der Waals surface area contributed by atoms with Crippen LogP contribution in [0.1, 0.15) is 44.7 Å². The molecular formula is C20H27N3O5S. The van der Waals surface area contributed by atoms with Gasteiger partial charge in [-0.2, -0.15) is 9.98 Å². The molecule has 0 fully saturated rings. The summed E-state index contributed by atoms with van der Waals surface area (Å²) in [6.07, 6.45) is 3.91. The molecule has 2 N–H and O–H groups in total. The van der Waals surface area contributed by atoms with Crippen LogP contribution in [-0.2, 0) is 37.2 Å². The third kappa shape index (κ3) is 6.02. The van der Waals surface area contributed by atoms with Crippen LogP contribution in [-0.4, -0.2) is 39.0 Å². The van der Waals surface area contributed by atoms with Crippen LogP contribution in [0.3, 0.4) is 0 Å². The van der Waals surface area contributed by atoms with Crippen molar-refractivity contribution in [3.8, 4) is 6.07 Å². The van der Waals surface area contributed by atoms with Gasteiger partial charge < -0.3 is 10.1 Å². The Hall–Kier alpha value is -2.44. The molecule has 8 nitrogen and oxygen atoms in total. The highest BCUT2D eigenvalue weighted by atomic mass is 32.2. The van der Waals surface area contributed by atoms with Crippen molar-refractivity contribution < 1.29 is 22.7 Å². The summed E-state index contributed by atoms with van der Waals surface area (Å²) in [5, 5.41) is 11.7. The number of benzene rings is 1. The molecule has 1 aromatic carbocycles. The average Bonchev–Trinajstić information content (AvgIpc) is 2.70. The van der Waals surface area contributed by atoms with E-state index >= 15 is 0 Å². The Kier molecular flexibility index (Phi) is 7.38. The van der Waals surface area contributed by atoms with Crippen LogP contribution in [0.4, 0.5) is 0 Å². The molecule has 9 heteroatoms. The van der Waals surface area contributed by atoms with Crippen LogP contribution >= 0.6 is 0 Å². The van der Waals surface area contributed by atoms with E-state index in [0.29, 0.717) is 0 Å². The number of esters is 1. The normalized spacial score (nSPS) is 15.7. The second-order valence-corrected chi connectivity index (χ2v) is 9.41. The Morgan fingerprint density at radius 1 is 1.24 bits per heavy atom. The van der Waals surface area contributed by atoms with Crippen LogP contribution < -0.4 is 10.0 Å². The van der Waals surface area contributed by atoms with E-state index in [0.717, 1.165) is 36.8 Å². The number of aryl methyl sites for hydroxylation is 2. The van der Waals surface area contributed by atoms with Gasteiger partial charge >= 0.3 is 5.97 Å². The van der Waals surface area contributed by atoms with Crippen LogP contribution in [0.5, 0.6) is 0 Å². The highest BCUT2D eigenvalue weighted by Gasteiger charge is 2.30. The third-order valence-corrected chi connectivity index (χ3v) is 6.59. The van der Waals surface area contributed by atoms with Gasteiger partial charge in [0.15, 0.2) is 6.61 Å². The Morgan fingerprint density at radius 2 is 1.90 bits per heavy atom. The van der Waals surface area contributed by atoms with E-state index in [1.807, 2.05) is 12.1 Å². The molecule has 0 saturated heterocycles. The van der Waals surface area contributed by atoms with Crippen LogP contribution in [0.15, 0.2) is 23.1 Å². The number of ether oxygens (including phenoxy) is 1. The van der Waals surface area contributed by atoms with Gasteiger partial charge in [-0.25, -0.2) is 8.42 Å². The number of carbonyl (C=O) groups is 2. The lowest BCUT2D eigenvalue weighted by molar-refractivity contribution is -0.147. The number of sulfonamides is 1. The number of nitrogens with one attached hydrogen (secondary N) is 2. The minimum Gasteiger partial charge on any atom is -0.455 e. The fourth-order valence-corrected chi connectivity index (χ4v) is 3.96. The number of hydrogen-bond donors (Lipinski definition) is 2. The number of amides is 1. The predicted molar refractivity (Wildman–Crippen MR) is 106 cm³/mol. The van der Waals surface area contributed by atoms with Gasteiger partial charge in [0.25, 0.3) is 5.91 Å². The number of carbonyl (C=O) groups excluding carboxylic acids is 2. The van der Waals surface area contributed by atoms with Gasteiger partial charge in [-0.1, -0.05) is 19.9 Å². The molecule has 0 radical (unpaired) electrons. The molecule has 2 rings (SSSR count). The monoisotopic (exact) mass is 421 g/mol. The van der Waals surface area contributed by atoms with E-state index in [9.17, 15) is 23.3 Å². The summed E-state index contributed by atoms with van der Waals surface area (Å²) in [5.74, 6) is -1.66. The van der Waals surface area contributed by atoms with Crippen molar-refractivity contribution in [2.45, 2.75) is 56.9 Å². The minimum atomic E-state index is -3.87. The van der Waals surface area contributed by atoms with Gasteiger partial charge in [-0.3, -0.25) is 9.59 Å². The van der Waals surface area contributed by atoms with Crippen molar-refractivity contribution in [3.05, 3.63) is 29.3 Å². The molecular weight excluding hydrogens is 394 g/mol. The standard InChI is InChI=1S/C20H27N3O5S/c1-14(2)20(3,13-21)23-18(24)12-28-19(25)11-22-29(26,27)17-9-8-15-6-4-5-7-16(15)10-17/h8-10,14,22H,4-7,11-12H2,1-3H3,(H,23,24)/t20-/m0/s1. The molecule has 1 aliphatic carbocycles. The highest BCUT2D eigenvalue weighted by Crippen LogP contribution is 2.24. The molecule has 1 atom stereocenters. The quantitative estimate of drug-likeness (QED) is 0.612. The average molecular weight is 422 g/mol. The lowest BCUT2D eigenvalue weighted by Crippen LogP contribution is -2.50. The summed E-state index contributed by atoms with van der Waals surface area (Å²) in [7, 11) is -3.87.